The maximum absolute atomic E-state index is 12.5. The number of ketones is 1. The predicted octanol–water partition coefficient (Wildman–Crippen LogP) is 2.59. The smallest absolute Gasteiger partial charge is 0.180 e. The van der Waals surface area contributed by atoms with Gasteiger partial charge in [-0.15, -0.1) is 0 Å². The maximum Gasteiger partial charge on any atom is 0.180 e. The second-order valence-electron chi connectivity index (χ2n) is 5.00. The van der Waals surface area contributed by atoms with Crippen molar-refractivity contribution in [3.8, 4) is 5.75 Å². The first-order valence-electron chi connectivity index (χ1n) is 6.76. The Morgan fingerprint density at radius 3 is 2.50 bits per heavy atom. The molecule has 0 spiro atoms. The van der Waals surface area contributed by atoms with Crippen molar-refractivity contribution in [2.45, 2.75) is 19.0 Å². The number of benzene rings is 2. The van der Waals surface area contributed by atoms with E-state index in [4.69, 9.17) is 4.74 Å². The van der Waals surface area contributed by atoms with Crippen molar-refractivity contribution in [3.05, 3.63) is 65.2 Å². The normalized spacial score (nSPS) is 17.4. The number of Topliss-reactive ketones (excluding diaryl/α,β-unsaturated/α-hetero) is 1. The van der Waals surface area contributed by atoms with Gasteiger partial charge < -0.3 is 10.1 Å². The number of rotatable bonds is 3. The van der Waals surface area contributed by atoms with Gasteiger partial charge in [-0.05, 0) is 41.8 Å². The molecule has 0 aromatic heterocycles. The topological polar surface area (TPSA) is 38.3 Å². The van der Waals surface area contributed by atoms with E-state index in [0.29, 0.717) is 0 Å². The minimum absolute atomic E-state index is 0.140. The van der Waals surface area contributed by atoms with Crippen LogP contribution in [0.5, 0.6) is 5.75 Å². The lowest BCUT2D eigenvalue weighted by Crippen LogP contribution is -2.41. The third kappa shape index (κ3) is 2.45. The summed E-state index contributed by atoms with van der Waals surface area (Å²) in [5.41, 5.74) is 3.27. The Kier molecular flexibility index (Phi) is 3.52. The fourth-order valence-corrected chi connectivity index (χ4v) is 2.60. The Hall–Kier alpha value is -2.13. The molecule has 1 heterocycles. The Bertz CT molecular complexity index is 619. The molecule has 1 aliphatic rings. The van der Waals surface area contributed by atoms with Crippen molar-refractivity contribution in [2.75, 3.05) is 7.11 Å². The van der Waals surface area contributed by atoms with Crippen LogP contribution in [0.4, 0.5) is 0 Å². The van der Waals surface area contributed by atoms with Gasteiger partial charge in [0.2, 0.25) is 0 Å². The van der Waals surface area contributed by atoms with Gasteiger partial charge in [-0.25, -0.2) is 0 Å². The molecule has 0 aliphatic carbocycles. The molecule has 0 radical (unpaired) electrons. The molecule has 1 N–H and O–H groups in total. The number of methoxy groups -OCH3 is 1. The Balaban J connectivity index is 1.78. The van der Waals surface area contributed by atoms with E-state index in [1.165, 1.54) is 11.1 Å². The maximum atomic E-state index is 12.5. The van der Waals surface area contributed by atoms with Crippen molar-refractivity contribution >= 4 is 5.78 Å². The summed E-state index contributed by atoms with van der Waals surface area (Å²) in [6.07, 6.45) is 0.751. The van der Waals surface area contributed by atoms with Gasteiger partial charge in [0.1, 0.15) is 5.75 Å². The number of fused-ring (bicyclic) bond motifs is 1. The lowest BCUT2D eigenvalue weighted by Gasteiger charge is -2.25. The number of hydrogen-bond donors (Lipinski definition) is 1. The summed E-state index contributed by atoms with van der Waals surface area (Å²) < 4.78 is 5.11. The summed E-state index contributed by atoms with van der Waals surface area (Å²) in [5, 5.41) is 3.32. The van der Waals surface area contributed by atoms with E-state index in [2.05, 4.69) is 17.4 Å². The van der Waals surface area contributed by atoms with Crippen LogP contribution in [0, 0.1) is 0 Å². The summed E-state index contributed by atoms with van der Waals surface area (Å²) in [6, 6.07) is 15.4. The van der Waals surface area contributed by atoms with Crippen LogP contribution in [0.25, 0.3) is 0 Å². The van der Waals surface area contributed by atoms with Gasteiger partial charge in [0, 0.05) is 12.1 Å². The molecule has 1 atom stereocenters. The third-order valence-corrected chi connectivity index (χ3v) is 3.77. The van der Waals surface area contributed by atoms with Crippen LogP contribution < -0.4 is 10.1 Å². The summed E-state index contributed by atoms with van der Waals surface area (Å²) >= 11 is 0. The molecule has 0 bridgehead atoms. The molecule has 0 saturated heterocycles. The van der Waals surface area contributed by atoms with E-state index in [1.54, 1.807) is 7.11 Å². The molecule has 2 aromatic carbocycles. The minimum Gasteiger partial charge on any atom is -0.497 e. The second kappa shape index (κ2) is 5.47. The second-order valence-corrected chi connectivity index (χ2v) is 5.00. The average molecular weight is 267 g/mol. The number of nitrogens with one attached hydrogen (secondary N) is 1. The zero-order valence-corrected chi connectivity index (χ0v) is 11.4. The number of carbonyl (C=O) groups is 1. The predicted molar refractivity (Wildman–Crippen MR) is 78.1 cm³/mol. The van der Waals surface area contributed by atoms with E-state index in [0.717, 1.165) is 24.3 Å². The summed E-state index contributed by atoms with van der Waals surface area (Å²) in [4.78, 5) is 12.5. The number of ether oxygens (including phenoxy) is 1. The van der Waals surface area contributed by atoms with E-state index in [1.807, 2.05) is 36.4 Å². The Labute approximate surface area is 118 Å². The first-order valence-corrected chi connectivity index (χ1v) is 6.76. The first-order chi connectivity index (χ1) is 9.78. The molecule has 20 heavy (non-hydrogen) atoms. The molecule has 1 unspecified atom stereocenters. The third-order valence-electron chi connectivity index (χ3n) is 3.77. The zero-order valence-electron chi connectivity index (χ0n) is 11.4. The molecule has 2 aromatic rings. The highest BCUT2D eigenvalue weighted by atomic mass is 16.5. The van der Waals surface area contributed by atoms with Crippen molar-refractivity contribution in [1.82, 2.24) is 5.32 Å². The molecule has 0 saturated carbocycles. The van der Waals surface area contributed by atoms with Crippen LogP contribution in [0.3, 0.4) is 0 Å². The molecule has 3 nitrogen and oxygen atoms in total. The van der Waals surface area contributed by atoms with Crippen LogP contribution >= 0.6 is 0 Å². The fraction of sp³-hybridized carbons (Fsp3) is 0.235. The van der Waals surface area contributed by atoms with Gasteiger partial charge in [0.25, 0.3) is 0 Å². The van der Waals surface area contributed by atoms with Crippen molar-refractivity contribution in [2.24, 2.45) is 0 Å². The van der Waals surface area contributed by atoms with Gasteiger partial charge >= 0.3 is 0 Å². The lowest BCUT2D eigenvalue weighted by atomic mass is 9.91. The van der Waals surface area contributed by atoms with Crippen LogP contribution in [-0.4, -0.2) is 18.9 Å². The SMILES string of the molecule is COc1ccc(C(=O)C2Cc3ccccc3CN2)cc1. The highest BCUT2D eigenvalue weighted by molar-refractivity contribution is 6.00. The van der Waals surface area contributed by atoms with Crippen LogP contribution in [0.2, 0.25) is 0 Å². The zero-order chi connectivity index (χ0) is 13.9. The largest absolute Gasteiger partial charge is 0.497 e. The molecule has 3 rings (SSSR count). The van der Waals surface area contributed by atoms with Crippen molar-refractivity contribution < 1.29 is 9.53 Å². The molecule has 3 heteroatoms. The summed E-state index contributed by atoms with van der Waals surface area (Å²) in [7, 11) is 1.62. The lowest BCUT2D eigenvalue weighted by molar-refractivity contribution is 0.0938. The standard InChI is InChI=1S/C17H17NO2/c1-20-15-8-6-12(7-9-15)17(19)16-10-13-4-2-3-5-14(13)11-18-16/h2-9,16,18H,10-11H2,1H3. The molecular weight excluding hydrogens is 250 g/mol. The molecule has 1 aliphatic heterocycles. The minimum atomic E-state index is -0.140. The van der Waals surface area contributed by atoms with E-state index < -0.39 is 0 Å². The van der Waals surface area contributed by atoms with Crippen LogP contribution in [-0.2, 0) is 13.0 Å². The fourth-order valence-electron chi connectivity index (χ4n) is 2.60. The summed E-state index contributed by atoms with van der Waals surface area (Å²) in [5.74, 6) is 0.908. The monoisotopic (exact) mass is 267 g/mol. The first kappa shape index (κ1) is 12.9. The van der Waals surface area contributed by atoms with E-state index in [-0.39, 0.29) is 11.8 Å². The van der Waals surface area contributed by atoms with Gasteiger partial charge in [-0.3, -0.25) is 4.79 Å². The van der Waals surface area contributed by atoms with Gasteiger partial charge in [0.05, 0.1) is 13.2 Å². The van der Waals surface area contributed by atoms with Crippen molar-refractivity contribution in [3.63, 3.8) is 0 Å². The number of hydrogen-bond acceptors (Lipinski definition) is 3. The average Bonchev–Trinajstić information content (AvgIpc) is 2.54. The van der Waals surface area contributed by atoms with Gasteiger partial charge in [-0.1, -0.05) is 24.3 Å². The Morgan fingerprint density at radius 2 is 1.80 bits per heavy atom. The van der Waals surface area contributed by atoms with E-state index in [9.17, 15) is 4.79 Å². The van der Waals surface area contributed by atoms with E-state index >= 15 is 0 Å². The molecule has 0 amide bonds. The van der Waals surface area contributed by atoms with Gasteiger partial charge in [0.15, 0.2) is 5.78 Å². The molecule has 102 valence electrons. The quantitative estimate of drug-likeness (QED) is 0.869. The van der Waals surface area contributed by atoms with Crippen molar-refractivity contribution in [1.29, 1.82) is 0 Å². The van der Waals surface area contributed by atoms with Crippen LogP contribution in [0.1, 0.15) is 21.5 Å². The Morgan fingerprint density at radius 1 is 1.10 bits per heavy atom. The highest BCUT2D eigenvalue weighted by Gasteiger charge is 2.24. The highest BCUT2D eigenvalue weighted by Crippen LogP contribution is 2.19. The number of carbonyl (C=O) groups excluding carboxylic acids is 1. The summed E-state index contributed by atoms with van der Waals surface area (Å²) in [6.45, 7) is 0.753. The van der Waals surface area contributed by atoms with Crippen LogP contribution in [0.15, 0.2) is 48.5 Å². The molecular formula is C17H17NO2. The molecule has 0 fully saturated rings. The van der Waals surface area contributed by atoms with Gasteiger partial charge in [-0.2, -0.15) is 0 Å².